The number of nitrogens with zero attached hydrogens (tertiary/aromatic N) is 1. The lowest BCUT2D eigenvalue weighted by Gasteiger charge is -2.27. The van der Waals surface area contributed by atoms with Crippen LogP contribution in [0, 0.1) is 0 Å². The van der Waals surface area contributed by atoms with Crippen molar-refractivity contribution in [2.45, 2.75) is 70.2 Å². The number of nitrogens with one attached hydrogen (secondary N) is 1. The number of fused-ring (bicyclic) bond motifs is 1. The minimum Gasteiger partial charge on any atom is -0.444 e. The van der Waals surface area contributed by atoms with Crippen molar-refractivity contribution in [1.82, 2.24) is 5.32 Å². The molecule has 1 N–H and O–H groups in total. The summed E-state index contributed by atoms with van der Waals surface area (Å²) in [7, 11) is -4.06. The van der Waals surface area contributed by atoms with E-state index < -0.39 is 44.8 Å². The molecule has 0 saturated carbocycles. The molecule has 0 bridgehead atoms. The summed E-state index contributed by atoms with van der Waals surface area (Å²) in [5, 5.41) is 2.91. The first-order valence-electron chi connectivity index (χ1n) is 12.0. The van der Waals surface area contributed by atoms with Crippen LogP contribution in [0.1, 0.15) is 57.5 Å². The van der Waals surface area contributed by atoms with Gasteiger partial charge in [-0.3, -0.25) is 9.59 Å². The number of sulfone groups is 1. The molecule has 0 fully saturated rings. The molecule has 0 unspecified atom stereocenters. The van der Waals surface area contributed by atoms with Crippen molar-refractivity contribution in [3.63, 3.8) is 0 Å². The van der Waals surface area contributed by atoms with Crippen LogP contribution in [0.3, 0.4) is 0 Å². The Bertz CT molecular complexity index is 1330. The van der Waals surface area contributed by atoms with Crippen molar-refractivity contribution < 1.29 is 32.3 Å². The first kappa shape index (κ1) is 29.6. The predicted octanol–water partition coefficient (Wildman–Crippen LogP) is 4.55. The molecular formula is C27H33ClN2O7S. The third-order valence-electron chi connectivity index (χ3n) is 5.44. The molecule has 38 heavy (non-hydrogen) atoms. The van der Waals surface area contributed by atoms with E-state index in [1.807, 2.05) is 20.8 Å². The van der Waals surface area contributed by atoms with Gasteiger partial charge in [0.2, 0.25) is 0 Å². The molecule has 1 aliphatic rings. The second kappa shape index (κ2) is 11.0. The Morgan fingerprint density at radius 2 is 1.66 bits per heavy atom. The highest BCUT2D eigenvalue weighted by Gasteiger charge is 2.39. The van der Waals surface area contributed by atoms with E-state index in [0.717, 1.165) is 0 Å². The Balaban J connectivity index is 2.07. The van der Waals surface area contributed by atoms with Crippen LogP contribution in [0.25, 0.3) is 0 Å². The third kappa shape index (κ3) is 7.78. The molecule has 0 aromatic heterocycles. The SMILES string of the molecule is CC(C)(C)OCC(=O)c1ccc2c(c1)N(Cc1ccc(Cl)cc1)C(=O)[C@@H](NC(=O)OC(C)(C)C)CS2(=O)=O. The monoisotopic (exact) mass is 564 g/mol. The van der Waals surface area contributed by atoms with E-state index in [9.17, 15) is 22.8 Å². The summed E-state index contributed by atoms with van der Waals surface area (Å²) >= 11 is 6.01. The third-order valence-corrected chi connectivity index (χ3v) is 7.48. The van der Waals surface area contributed by atoms with Gasteiger partial charge in [-0.15, -0.1) is 0 Å². The van der Waals surface area contributed by atoms with Crippen molar-refractivity contribution in [1.29, 1.82) is 0 Å². The van der Waals surface area contributed by atoms with Gasteiger partial charge >= 0.3 is 6.09 Å². The molecule has 0 saturated heterocycles. The molecule has 1 aliphatic heterocycles. The number of anilines is 1. The Hall–Kier alpha value is -2.95. The normalized spacial score (nSPS) is 17.4. The molecule has 0 spiro atoms. The predicted molar refractivity (Wildman–Crippen MR) is 144 cm³/mol. The molecule has 0 radical (unpaired) electrons. The largest absolute Gasteiger partial charge is 0.444 e. The lowest BCUT2D eigenvalue weighted by molar-refractivity contribution is -0.120. The number of hydrogen-bond acceptors (Lipinski definition) is 7. The van der Waals surface area contributed by atoms with Crippen LogP contribution in [0.5, 0.6) is 0 Å². The highest BCUT2D eigenvalue weighted by atomic mass is 35.5. The maximum absolute atomic E-state index is 13.8. The Morgan fingerprint density at radius 1 is 1.03 bits per heavy atom. The fourth-order valence-corrected chi connectivity index (χ4v) is 5.44. The van der Waals surface area contributed by atoms with Gasteiger partial charge in [-0.05, 0) is 77.4 Å². The topological polar surface area (TPSA) is 119 Å². The molecule has 1 heterocycles. The number of carbonyl (C=O) groups excluding carboxylic acids is 3. The first-order chi connectivity index (χ1) is 17.4. The van der Waals surface area contributed by atoms with Gasteiger partial charge in [-0.25, -0.2) is 13.2 Å². The minimum absolute atomic E-state index is 0.0266. The smallest absolute Gasteiger partial charge is 0.408 e. The second-order valence-electron chi connectivity index (χ2n) is 11.0. The maximum atomic E-state index is 13.8. The highest BCUT2D eigenvalue weighted by Crippen LogP contribution is 2.33. The van der Waals surface area contributed by atoms with Crippen LogP contribution in [0.4, 0.5) is 10.5 Å². The van der Waals surface area contributed by atoms with Gasteiger partial charge in [0.15, 0.2) is 15.6 Å². The van der Waals surface area contributed by atoms with E-state index in [0.29, 0.717) is 10.6 Å². The van der Waals surface area contributed by atoms with E-state index in [1.54, 1.807) is 45.0 Å². The molecule has 11 heteroatoms. The lowest BCUT2D eigenvalue weighted by atomic mass is 10.1. The standard InChI is InChI=1S/C27H33ClN2O7S/c1-26(2,3)36-15-22(31)18-9-12-23-21(13-18)30(14-17-7-10-19(28)11-8-17)24(32)20(16-38(23,34)35)29-25(33)37-27(4,5)6/h7-13,20H,14-16H2,1-6H3,(H,29,33)/t20-/m0/s1. The van der Waals surface area contributed by atoms with Gasteiger partial charge in [0, 0.05) is 10.6 Å². The number of halogens is 1. The summed E-state index contributed by atoms with van der Waals surface area (Å²) in [6, 6.07) is 9.38. The van der Waals surface area contributed by atoms with Gasteiger partial charge in [-0.1, -0.05) is 23.7 Å². The molecule has 3 rings (SSSR count). The molecule has 1 atom stereocenters. The summed E-state index contributed by atoms with van der Waals surface area (Å²) in [4.78, 5) is 40.3. The zero-order valence-corrected chi connectivity index (χ0v) is 23.9. The number of rotatable bonds is 6. The van der Waals surface area contributed by atoms with Crippen molar-refractivity contribution in [2.75, 3.05) is 17.3 Å². The maximum Gasteiger partial charge on any atom is 0.408 e. The number of alkyl carbamates (subject to hydrolysis) is 1. The number of ketones is 1. The number of carbonyl (C=O) groups is 3. The van der Waals surface area contributed by atoms with Crippen molar-refractivity contribution in [3.05, 3.63) is 58.6 Å². The number of benzene rings is 2. The Kier molecular flexibility index (Phi) is 8.60. The van der Waals surface area contributed by atoms with E-state index in [-0.39, 0.29) is 35.1 Å². The van der Waals surface area contributed by atoms with Crippen LogP contribution in [-0.2, 0) is 30.7 Å². The average molecular weight is 565 g/mol. The van der Waals surface area contributed by atoms with Gasteiger partial charge < -0.3 is 19.7 Å². The van der Waals surface area contributed by atoms with Crippen molar-refractivity contribution in [3.8, 4) is 0 Å². The fourth-order valence-electron chi connectivity index (χ4n) is 3.71. The van der Waals surface area contributed by atoms with Crippen molar-refractivity contribution >= 4 is 44.9 Å². The second-order valence-corrected chi connectivity index (χ2v) is 13.5. The molecule has 2 aromatic rings. The van der Waals surface area contributed by atoms with Gasteiger partial charge in [0.25, 0.3) is 5.91 Å². The summed E-state index contributed by atoms with van der Waals surface area (Å²) in [6.07, 6.45) is -0.918. The van der Waals surface area contributed by atoms with Gasteiger partial charge in [0.1, 0.15) is 18.2 Å². The van der Waals surface area contributed by atoms with Gasteiger partial charge in [-0.2, -0.15) is 0 Å². The summed E-state index contributed by atoms with van der Waals surface area (Å²) in [5.74, 6) is -1.70. The lowest BCUT2D eigenvalue weighted by Crippen LogP contribution is -2.51. The molecule has 2 aromatic carbocycles. The van der Waals surface area contributed by atoms with Crippen LogP contribution < -0.4 is 10.2 Å². The summed E-state index contributed by atoms with van der Waals surface area (Å²) in [6.45, 7) is 10.2. The number of ether oxygens (including phenoxy) is 2. The minimum atomic E-state index is -4.06. The van der Waals surface area contributed by atoms with E-state index in [4.69, 9.17) is 21.1 Å². The Morgan fingerprint density at radius 3 is 2.24 bits per heavy atom. The number of hydrogen-bond donors (Lipinski definition) is 1. The Labute approximate surface area is 228 Å². The molecule has 2 amide bonds. The highest BCUT2D eigenvalue weighted by molar-refractivity contribution is 7.91. The van der Waals surface area contributed by atoms with Crippen molar-refractivity contribution in [2.24, 2.45) is 0 Å². The van der Waals surface area contributed by atoms with Gasteiger partial charge in [0.05, 0.1) is 28.5 Å². The van der Waals surface area contributed by atoms with Crippen LogP contribution in [0.15, 0.2) is 47.4 Å². The first-order valence-corrected chi connectivity index (χ1v) is 14.1. The number of Topliss-reactive ketones (excluding diaryl/α,β-unsaturated/α-hetero) is 1. The summed E-state index contributed by atoms with van der Waals surface area (Å²) in [5.41, 5.74) is -0.512. The molecule has 206 valence electrons. The van der Waals surface area contributed by atoms with Crippen LogP contribution in [-0.4, -0.2) is 55.8 Å². The molecule has 9 nitrogen and oxygen atoms in total. The zero-order valence-electron chi connectivity index (χ0n) is 22.3. The molecular weight excluding hydrogens is 532 g/mol. The van der Waals surface area contributed by atoms with E-state index in [2.05, 4.69) is 5.32 Å². The zero-order chi connectivity index (χ0) is 28.5. The molecule has 0 aliphatic carbocycles. The van der Waals surface area contributed by atoms with Crippen LogP contribution in [0.2, 0.25) is 5.02 Å². The fraction of sp³-hybridized carbons (Fsp3) is 0.444. The van der Waals surface area contributed by atoms with Crippen LogP contribution >= 0.6 is 11.6 Å². The summed E-state index contributed by atoms with van der Waals surface area (Å²) < 4.78 is 37.6. The average Bonchev–Trinajstić information content (AvgIpc) is 2.85. The quantitative estimate of drug-likeness (QED) is 0.511. The number of amides is 2. The van der Waals surface area contributed by atoms with E-state index >= 15 is 0 Å². The van der Waals surface area contributed by atoms with E-state index in [1.165, 1.54) is 23.1 Å².